The van der Waals surface area contributed by atoms with E-state index in [2.05, 4.69) is 0 Å². The van der Waals surface area contributed by atoms with E-state index in [1.54, 1.807) is 36.4 Å². The van der Waals surface area contributed by atoms with Crippen molar-refractivity contribution in [2.45, 2.75) is 13.5 Å². The fraction of sp³-hybridized carbons (Fsp3) is 0.158. The summed E-state index contributed by atoms with van der Waals surface area (Å²) in [4.78, 5) is 26.5. The summed E-state index contributed by atoms with van der Waals surface area (Å²) in [7, 11) is 0. The van der Waals surface area contributed by atoms with E-state index in [9.17, 15) is 14.7 Å². The predicted octanol–water partition coefficient (Wildman–Crippen LogP) is 5.94. The number of imide groups is 1. The zero-order valence-corrected chi connectivity index (χ0v) is 19.0. The summed E-state index contributed by atoms with van der Waals surface area (Å²) in [5, 5.41) is 10.4. The normalized spacial score (nSPS) is 15.6. The van der Waals surface area contributed by atoms with Gasteiger partial charge in [0.25, 0.3) is 11.1 Å². The second kappa shape index (κ2) is 8.94. The lowest BCUT2D eigenvalue weighted by Crippen LogP contribution is -2.27. The van der Waals surface area contributed by atoms with Crippen LogP contribution in [0.1, 0.15) is 18.1 Å². The number of carbonyl (C=O) groups is 2. The van der Waals surface area contributed by atoms with Crippen LogP contribution in [0.4, 0.5) is 4.79 Å². The Bertz CT molecular complexity index is 976. The number of benzene rings is 2. The first-order chi connectivity index (χ1) is 13.3. The smallest absolute Gasteiger partial charge is 0.293 e. The van der Waals surface area contributed by atoms with Crippen molar-refractivity contribution in [3.63, 3.8) is 0 Å². The lowest BCUT2D eigenvalue weighted by Gasteiger charge is -2.14. The van der Waals surface area contributed by atoms with Gasteiger partial charge >= 0.3 is 0 Å². The highest BCUT2D eigenvalue weighted by Gasteiger charge is 2.35. The zero-order chi connectivity index (χ0) is 20.4. The molecule has 2 aromatic carbocycles. The quantitative estimate of drug-likeness (QED) is 0.369. The van der Waals surface area contributed by atoms with Crippen LogP contribution >= 0.6 is 57.6 Å². The minimum Gasteiger partial charge on any atom is -0.504 e. The lowest BCUT2D eigenvalue weighted by molar-refractivity contribution is -0.123. The molecule has 0 radical (unpaired) electrons. The van der Waals surface area contributed by atoms with Crippen molar-refractivity contribution in [2.24, 2.45) is 0 Å². The molecule has 0 unspecified atom stereocenters. The SMILES string of the molecule is CCOc1cc(/C=C2\SC(=O)N(Cc3c(Cl)cccc3Cl)C2=O)cc(I)c1O. The lowest BCUT2D eigenvalue weighted by atomic mass is 10.1. The number of hydrogen-bond donors (Lipinski definition) is 1. The maximum atomic E-state index is 12.8. The van der Waals surface area contributed by atoms with Crippen molar-refractivity contribution in [1.29, 1.82) is 0 Å². The Labute approximate surface area is 189 Å². The Morgan fingerprint density at radius 2 is 1.93 bits per heavy atom. The molecule has 3 rings (SSSR count). The molecule has 1 aliphatic rings. The van der Waals surface area contributed by atoms with Gasteiger partial charge in [0.15, 0.2) is 11.5 Å². The number of halogens is 3. The van der Waals surface area contributed by atoms with Crippen molar-refractivity contribution < 1.29 is 19.4 Å². The van der Waals surface area contributed by atoms with Crippen molar-refractivity contribution in [3.8, 4) is 11.5 Å². The Balaban J connectivity index is 1.89. The molecule has 5 nitrogen and oxygen atoms in total. The number of ether oxygens (including phenoxy) is 1. The number of hydrogen-bond acceptors (Lipinski definition) is 5. The van der Waals surface area contributed by atoms with Gasteiger partial charge in [-0.1, -0.05) is 29.3 Å². The first-order valence-corrected chi connectivity index (χ1v) is 10.8. The van der Waals surface area contributed by atoms with Crippen LogP contribution in [-0.2, 0) is 11.3 Å². The minimum atomic E-state index is -0.424. The number of carbonyl (C=O) groups excluding carboxylic acids is 2. The number of amides is 2. The molecule has 0 saturated carbocycles. The highest BCUT2D eigenvalue weighted by Crippen LogP contribution is 2.38. The molecule has 146 valence electrons. The summed E-state index contributed by atoms with van der Waals surface area (Å²) in [6, 6.07) is 8.35. The Kier molecular flexibility index (Phi) is 6.80. The first kappa shape index (κ1) is 21.3. The average Bonchev–Trinajstić information content (AvgIpc) is 2.89. The predicted molar refractivity (Wildman–Crippen MR) is 120 cm³/mol. The monoisotopic (exact) mass is 549 g/mol. The summed E-state index contributed by atoms with van der Waals surface area (Å²) in [5.74, 6) is -0.0594. The van der Waals surface area contributed by atoms with Gasteiger partial charge in [-0.25, -0.2) is 0 Å². The van der Waals surface area contributed by atoms with E-state index in [-0.39, 0.29) is 17.2 Å². The van der Waals surface area contributed by atoms with E-state index in [4.69, 9.17) is 27.9 Å². The maximum absolute atomic E-state index is 12.8. The largest absolute Gasteiger partial charge is 0.504 e. The molecule has 1 heterocycles. The summed E-state index contributed by atoms with van der Waals surface area (Å²) in [6.07, 6.45) is 1.60. The maximum Gasteiger partial charge on any atom is 0.293 e. The van der Waals surface area contributed by atoms with Crippen LogP contribution in [0, 0.1) is 3.57 Å². The third-order valence-electron chi connectivity index (χ3n) is 3.90. The molecule has 0 atom stereocenters. The molecule has 0 aliphatic carbocycles. The number of phenolic OH excluding ortho intramolecular Hbond substituents is 1. The molecule has 2 amide bonds. The average molecular weight is 550 g/mol. The molecule has 1 fully saturated rings. The summed E-state index contributed by atoms with van der Waals surface area (Å²) < 4.78 is 6.00. The molecule has 0 bridgehead atoms. The zero-order valence-electron chi connectivity index (χ0n) is 14.5. The van der Waals surface area contributed by atoms with Gasteiger partial charge in [0.05, 0.1) is 21.6 Å². The fourth-order valence-corrected chi connectivity index (χ4v) is 4.55. The van der Waals surface area contributed by atoms with E-state index < -0.39 is 11.1 Å². The second-order valence-corrected chi connectivity index (χ2v) is 8.72. The highest BCUT2D eigenvalue weighted by atomic mass is 127. The van der Waals surface area contributed by atoms with E-state index in [0.29, 0.717) is 37.1 Å². The van der Waals surface area contributed by atoms with Crippen LogP contribution in [0.2, 0.25) is 10.0 Å². The molecule has 9 heteroatoms. The molecular formula is C19H14Cl2INO4S. The van der Waals surface area contributed by atoms with Crippen LogP contribution in [0.3, 0.4) is 0 Å². The second-order valence-electron chi connectivity index (χ2n) is 5.75. The van der Waals surface area contributed by atoms with Gasteiger partial charge in [-0.2, -0.15) is 0 Å². The molecule has 0 spiro atoms. The highest BCUT2D eigenvalue weighted by molar-refractivity contribution is 14.1. The molecule has 1 aliphatic heterocycles. The number of nitrogens with zero attached hydrogens (tertiary/aromatic N) is 1. The standard InChI is InChI=1S/C19H14Cl2INO4S/c1-2-27-15-7-10(6-14(22)17(15)24)8-16-18(25)23(19(26)28-16)9-11-12(20)4-3-5-13(11)21/h3-8,24H,2,9H2,1H3/b16-8-. The van der Waals surface area contributed by atoms with Crippen molar-refractivity contribution in [1.82, 2.24) is 4.90 Å². The van der Waals surface area contributed by atoms with Gasteiger partial charge in [0.2, 0.25) is 0 Å². The Morgan fingerprint density at radius 1 is 1.25 bits per heavy atom. The summed E-state index contributed by atoms with van der Waals surface area (Å²) >= 11 is 15.1. The molecule has 0 aromatic heterocycles. The number of aromatic hydroxyl groups is 1. The van der Waals surface area contributed by atoms with E-state index in [1.807, 2.05) is 29.5 Å². The van der Waals surface area contributed by atoms with Crippen molar-refractivity contribution in [2.75, 3.05) is 6.61 Å². The third kappa shape index (κ3) is 4.42. The van der Waals surface area contributed by atoms with Crippen LogP contribution in [0.25, 0.3) is 6.08 Å². The van der Waals surface area contributed by atoms with Crippen LogP contribution in [0.5, 0.6) is 11.5 Å². The fourth-order valence-electron chi connectivity index (χ4n) is 2.57. The molecule has 1 saturated heterocycles. The van der Waals surface area contributed by atoms with Crippen LogP contribution < -0.4 is 4.74 Å². The van der Waals surface area contributed by atoms with Gasteiger partial charge in [-0.15, -0.1) is 0 Å². The van der Waals surface area contributed by atoms with Crippen molar-refractivity contribution >= 4 is 74.8 Å². The van der Waals surface area contributed by atoms with Gasteiger partial charge in [-0.05, 0) is 77.2 Å². The molecule has 2 aromatic rings. The van der Waals surface area contributed by atoms with Gasteiger partial charge in [0, 0.05) is 15.6 Å². The Morgan fingerprint density at radius 3 is 2.57 bits per heavy atom. The van der Waals surface area contributed by atoms with Gasteiger partial charge in [-0.3, -0.25) is 14.5 Å². The topological polar surface area (TPSA) is 66.8 Å². The van der Waals surface area contributed by atoms with Crippen molar-refractivity contribution in [3.05, 3.63) is 60.0 Å². The third-order valence-corrected chi connectivity index (χ3v) is 6.34. The van der Waals surface area contributed by atoms with E-state index in [0.717, 1.165) is 16.7 Å². The van der Waals surface area contributed by atoms with E-state index >= 15 is 0 Å². The first-order valence-electron chi connectivity index (χ1n) is 8.15. The molecule has 28 heavy (non-hydrogen) atoms. The van der Waals surface area contributed by atoms with Gasteiger partial charge < -0.3 is 9.84 Å². The summed E-state index contributed by atoms with van der Waals surface area (Å²) in [5.41, 5.74) is 1.17. The van der Waals surface area contributed by atoms with Crippen LogP contribution in [0.15, 0.2) is 35.2 Å². The minimum absolute atomic E-state index is 0.00216. The van der Waals surface area contributed by atoms with Gasteiger partial charge in [0.1, 0.15) is 0 Å². The summed E-state index contributed by atoms with van der Waals surface area (Å²) in [6.45, 7) is 2.20. The molecule has 1 N–H and O–H groups in total. The number of phenols is 1. The number of thioether (sulfide) groups is 1. The number of rotatable bonds is 5. The van der Waals surface area contributed by atoms with E-state index in [1.165, 1.54) is 0 Å². The van der Waals surface area contributed by atoms with Crippen LogP contribution in [-0.4, -0.2) is 27.8 Å². The Hall–Kier alpha value is -1.42. The molecular weight excluding hydrogens is 536 g/mol.